The summed E-state index contributed by atoms with van der Waals surface area (Å²) in [7, 11) is 0. The fraction of sp³-hybridized carbons (Fsp3) is 0.929. The van der Waals surface area contributed by atoms with E-state index in [1.54, 1.807) is 4.90 Å². The number of piperazine rings is 1. The van der Waals surface area contributed by atoms with Gasteiger partial charge in [-0.15, -0.1) is 0 Å². The second kappa shape index (κ2) is 5.20. The molecule has 2 fully saturated rings. The zero-order chi connectivity index (χ0) is 15.1. The van der Waals surface area contributed by atoms with Crippen molar-refractivity contribution in [3.8, 4) is 0 Å². The molecule has 0 aromatic carbocycles. The van der Waals surface area contributed by atoms with Crippen LogP contribution in [-0.2, 0) is 4.79 Å². The van der Waals surface area contributed by atoms with Gasteiger partial charge in [0.05, 0.1) is 6.42 Å². The van der Waals surface area contributed by atoms with Crippen molar-refractivity contribution in [2.45, 2.75) is 70.3 Å². The Balaban J connectivity index is 1.97. The summed E-state index contributed by atoms with van der Waals surface area (Å²) in [6.45, 7) is 7.95. The van der Waals surface area contributed by atoms with Crippen LogP contribution in [0.2, 0.25) is 0 Å². The molecule has 0 saturated carbocycles. The van der Waals surface area contributed by atoms with E-state index in [0.717, 1.165) is 25.9 Å². The Hall–Kier alpha value is -0.780. The molecular formula is C14H23F3N2O. The van der Waals surface area contributed by atoms with Gasteiger partial charge in [0.2, 0.25) is 5.91 Å². The smallest absolute Gasteiger partial charge is 0.334 e. The lowest BCUT2D eigenvalue weighted by Gasteiger charge is -2.46. The summed E-state index contributed by atoms with van der Waals surface area (Å²) >= 11 is 0. The molecule has 0 aromatic rings. The molecule has 2 saturated heterocycles. The van der Waals surface area contributed by atoms with Gasteiger partial charge >= 0.3 is 6.18 Å². The van der Waals surface area contributed by atoms with Crippen LogP contribution in [0.25, 0.3) is 0 Å². The summed E-state index contributed by atoms with van der Waals surface area (Å²) in [4.78, 5) is 16.1. The van der Waals surface area contributed by atoms with Crippen molar-refractivity contribution >= 4 is 5.91 Å². The van der Waals surface area contributed by atoms with E-state index in [2.05, 4.69) is 25.7 Å². The second-order valence-corrected chi connectivity index (χ2v) is 6.88. The van der Waals surface area contributed by atoms with Gasteiger partial charge in [-0.1, -0.05) is 0 Å². The molecule has 0 spiro atoms. The van der Waals surface area contributed by atoms with Gasteiger partial charge in [-0.3, -0.25) is 9.69 Å². The molecule has 2 atom stereocenters. The molecule has 0 N–H and O–H groups in total. The van der Waals surface area contributed by atoms with E-state index in [-0.39, 0.29) is 23.5 Å². The number of likely N-dealkylation sites (tertiary alicyclic amines) is 1. The minimum atomic E-state index is -4.25. The van der Waals surface area contributed by atoms with Crippen LogP contribution in [-0.4, -0.2) is 52.6 Å². The minimum Gasteiger partial charge on any atom is -0.334 e. The second-order valence-electron chi connectivity index (χ2n) is 6.88. The van der Waals surface area contributed by atoms with Crippen molar-refractivity contribution in [2.75, 3.05) is 13.1 Å². The summed E-state index contributed by atoms with van der Waals surface area (Å²) in [5.74, 6) is -0.330. The highest BCUT2D eigenvalue weighted by Crippen LogP contribution is 2.34. The molecular weight excluding hydrogens is 269 g/mol. The lowest BCUT2D eigenvalue weighted by atomic mass is 10.0. The molecule has 2 aliphatic heterocycles. The number of nitrogens with zero attached hydrogens (tertiary/aromatic N) is 2. The van der Waals surface area contributed by atoms with Crippen molar-refractivity contribution in [1.29, 1.82) is 0 Å². The molecule has 1 amide bonds. The Morgan fingerprint density at radius 2 is 1.60 bits per heavy atom. The van der Waals surface area contributed by atoms with E-state index in [0.29, 0.717) is 0 Å². The third kappa shape index (κ3) is 3.45. The van der Waals surface area contributed by atoms with Crippen molar-refractivity contribution < 1.29 is 18.0 Å². The van der Waals surface area contributed by atoms with Crippen molar-refractivity contribution in [2.24, 2.45) is 0 Å². The lowest BCUT2D eigenvalue weighted by Crippen LogP contribution is -2.60. The number of halogens is 3. The summed E-state index contributed by atoms with van der Waals surface area (Å²) < 4.78 is 36.7. The largest absolute Gasteiger partial charge is 0.389 e. The maximum Gasteiger partial charge on any atom is 0.389 e. The molecule has 2 bridgehead atoms. The molecule has 2 unspecified atom stereocenters. The van der Waals surface area contributed by atoms with Gasteiger partial charge in [0, 0.05) is 37.1 Å². The van der Waals surface area contributed by atoms with Gasteiger partial charge in [0.1, 0.15) is 0 Å². The number of hydrogen-bond acceptors (Lipinski definition) is 2. The van der Waals surface area contributed by atoms with Crippen LogP contribution < -0.4 is 0 Å². The van der Waals surface area contributed by atoms with Crippen LogP contribution in [0, 0.1) is 0 Å². The van der Waals surface area contributed by atoms with Crippen LogP contribution >= 0.6 is 0 Å². The molecule has 2 heterocycles. The first-order valence-electron chi connectivity index (χ1n) is 7.21. The number of rotatable bonds is 2. The summed E-state index contributed by atoms with van der Waals surface area (Å²) in [6.07, 6.45) is -3.84. The Kier molecular flexibility index (Phi) is 4.06. The van der Waals surface area contributed by atoms with Gasteiger partial charge in [-0.25, -0.2) is 0 Å². The van der Waals surface area contributed by atoms with E-state index in [9.17, 15) is 18.0 Å². The molecule has 3 nitrogen and oxygen atoms in total. The van der Waals surface area contributed by atoms with E-state index < -0.39 is 19.0 Å². The first-order valence-corrected chi connectivity index (χ1v) is 7.21. The average Bonchev–Trinajstić information content (AvgIpc) is 2.54. The third-order valence-corrected chi connectivity index (χ3v) is 4.34. The number of amides is 1. The van der Waals surface area contributed by atoms with Crippen molar-refractivity contribution in [3.05, 3.63) is 0 Å². The normalized spacial score (nSPS) is 28.0. The number of fused-ring (bicyclic) bond motifs is 2. The number of carbonyl (C=O) groups is 1. The first kappa shape index (κ1) is 15.6. The zero-order valence-electron chi connectivity index (χ0n) is 12.3. The Bertz CT molecular complexity index is 362. The predicted octanol–water partition coefficient (Wildman–Crippen LogP) is 2.80. The van der Waals surface area contributed by atoms with E-state index in [4.69, 9.17) is 0 Å². The zero-order valence-corrected chi connectivity index (χ0v) is 12.3. The van der Waals surface area contributed by atoms with Crippen LogP contribution in [0.15, 0.2) is 0 Å². The minimum absolute atomic E-state index is 0.0436. The number of carbonyl (C=O) groups excluding carboxylic acids is 1. The highest BCUT2D eigenvalue weighted by Gasteiger charge is 2.45. The molecule has 0 radical (unpaired) electrons. The van der Waals surface area contributed by atoms with Crippen LogP contribution in [0.1, 0.15) is 46.5 Å². The van der Waals surface area contributed by atoms with Crippen LogP contribution in [0.3, 0.4) is 0 Å². The van der Waals surface area contributed by atoms with Crippen LogP contribution in [0.4, 0.5) is 13.2 Å². The van der Waals surface area contributed by atoms with Crippen molar-refractivity contribution in [3.63, 3.8) is 0 Å². The van der Waals surface area contributed by atoms with Gasteiger partial charge in [-0.2, -0.15) is 13.2 Å². The quantitative estimate of drug-likeness (QED) is 0.781. The molecule has 2 rings (SSSR count). The van der Waals surface area contributed by atoms with E-state index in [1.165, 1.54) is 0 Å². The van der Waals surface area contributed by atoms with Gasteiger partial charge < -0.3 is 4.90 Å². The monoisotopic (exact) mass is 292 g/mol. The van der Waals surface area contributed by atoms with E-state index in [1.807, 2.05) is 0 Å². The standard InChI is InChI=1S/C14H23F3N2O/c1-13(2,3)18-8-10-4-5-11(9-18)19(10)12(20)6-7-14(15,16)17/h10-11H,4-9H2,1-3H3. The Morgan fingerprint density at radius 3 is 2.00 bits per heavy atom. The molecule has 0 aromatic heterocycles. The highest BCUT2D eigenvalue weighted by molar-refractivity contribution is 5.77. The lowest BCUT2D eigenvalue weighted by molar-refractivity contribution is -0.153. The van der Waals surface area contributed by atoms with Gasteiger partial charge in [0.15, 0.2) is 0 Å². The third-order valence-electron chi connectivity index (χ3n) is 4.34. The fourth-order valence-electron chi connectivity index (χ4n) is 3.24. The van der Waals surface area contributed by atoms with Gasteiger partial charge in [0.25, 0.3) is 0 Å². The summed E-state index contributed by atoms with van der Waals surface area (Å²) in [6, 6.07) is 0.183. The maximum absolute atomic E-state index is 12.2. The summed E-state index contributed by atoms with van der Waals surface area (Å²) in [5.41, 5.74) is 0.0436. The molecule has 2 aliphatic rings. The highest BCUT2D eigenvalue weighted by atomic mass is 19.4. The fourth-order valence-corrected chi connectivity index (χ4v) is 3.24. The molecule has 6 heteroatoms. The Labute approximate surface area is 118 Å². The van der Waals surface area contributed by atoms with E-state index >= 15 is 0 Å². The molecule has 116 valence electrons. The van der Waals surface area contributed by atoms with Gasteiger partial charge in [-0.05, 0) is 33.6 Å². The first-order chi connectivity index (χ1) is 9.08. The number of alkyl halides is 3. The van der Waals surface area contributed by atoms with Crippen molar-refractivity contribution in [1.82, 2.24) is 9.80 Å². The Morgan fingerprint density at radius 1 is 1.10 bits per heavy atom. The SMILES string of the molecule is CC(C)(C)N1CC2CCC(C1)N2C(=O)CCC(F)(F)F. The summed E-state index contributed by atoms with van der Waals surface area (Å²) in [5, 5.41) is 0. The maximum atomic E-state index is 12.2. The molecule has 20 heavy (non-hydrogen) atoms. The molecule has 0 aliphatic carbocycles. The van der Waals surface area contributed by atoms with Crippen LogP contribution in [0.5, 0.6) is 0 Å². The predicted molar refractivity (Wildman–Crippen MR) is 70.3 cm³/mol. The average molecular weight is 292 g/mol. The number of hydrogen-bond donors (Lipinski definition) is 0. The topological polar surface area (TPSA) is 23.6 Å².